The summed E-state index contributed by atoms with van der Waals surface area (Å²) >= 11 is 0. The topological polar surface area (TPSA) is 26.0 Å². The average Bonchev–Trinajstić information content (AvgIpc) is 2.18. The predicted octanol–water partition coefficient (Wildman–Crippen LogP) is 2.77. The normalized spacial score (nSPS) is 16.1. The number of aryl methyl sites for hydroxylation is 1. The van der Waals surface area contributed by atoms with Crippen molar-refractivity contribution < 1.29 is 13.2 Å². The molecule has 2 N–H and O–H groups in total. The van der Waals surface area contributed by atoms with E-state index in [0.717, 1.165) is 6.92 Å². The van der Waals surface area contributed by atoms with Crippen molar-refractivity contribution in [2.45, 2.75) is 25.4 Å². The van der Waals surface area contributed by atoms with Crippen molar-refractivity contribution in [2.75, 3.05) is 6.54 Å². The lowest BCUT2D eigenvalue weighted by Gasteiger charge is -2.30. The molecular formula is C11H14F3N. The molecule has 84 valence electrons. The molecule has 0 aliphatic carbocycles. The average molecular weight is 217 g/mol. The van der Waals surface area contributed by atoms with Gasteiger partial charge in [0.15, 0.2) is 5.67 Å². The highest BCUT2D eigenvalue weighted by molar-refractivity contribution is 5.32. The van der Waals surface area contributed by atoms with E-state index in [-0.39, 0.29) is 5.56 Å². The Balaban J connectivity index is 3.22. The Labute approximate surface area is 87.1 Å². The molecule has 15 heavy (non-hydrogen) atoms. The Morgan fingerprint density at radius 2 is 1.73 bits per heavy atom. The maximum Gasteiger partial charge on any atom is 0.297 e. The van der Waals surface area contributed by atoms with Gasteiger partial charge in [-0.25, -0.2) is 13.2 Å². The van der Waals surface area contributed by atoms with E-state index in [1.165, 1.54) is 12.1 Å². The van der Waals surface area contributed by atoms with Crippen molar-refractivity contribution in [1.29, 1.82) is 0 Å². The number of hydrogen-bond acceptors (Lipinski definition) is 1. The second-order valence-corrected chi connectivity index (χ2v) is 3.73. The zero-order chi connectivity index (χ0) is 11.7. The smallest absolute Gasteiger partial charge is 0.297 e. The maximum absolute atomic E-state index is 14.0. The summed E-state index contributed by atoms with van der Waals surface area (Å²) < 4.78 is 40.6. The number of alkyl halides is 3. The van der Waals surface area contributed by atoms with Crippen molar-refractivity contribution in [2.24, 2.45) is 5.73 Å². The SMILES string of the molecule is Cc1ccccc1C(C)(F)C(F)(F)CN. The summed E-state index contributed by atoms with van der Waals surface area (Å²) in [5.74, 6) is -3.56. The largest absolute Gasteiger partial charge is 0.325 e. The van der Waals surface area contributed by atoms with Crippen LogP contribution < -0.4 is 5.73 Å². The molecule has 1 atom stereocenters. The highest BCUT2D eigenvalue weighted by Gasteiger charge is 2.51. The molecule has 0 aromatic heterocycles. The van der Waals surface area contributed by atoms with Crippen LogP contribution in [0.4, 0.5) is 13.2 Å². The molecule has 1 nitrogen and oxygen atoms in total. The fourth-order valence-corrected chi connectivity index (χ4v) is 1.49. The molecule has 0 fully saturated rings. The minimum Gasteiger partial charge on any atom is -0.325 e. The van der Waals surface area contributed by atoms with Crippen molar-refractivity contribution >= 4 is 0 Å². The van der Waals surface area contributed by atoms with Gasteiger partial charge in [0, 0.05) is 0 Å². The van der Waals surface area contributed by atoms with Crippen LogP contribution in [0.1, 0.15) is 18.1 Å². The minimum atomic E-state index is -3.56. The van der Waals surface area contributed by atoms with Gasteiger partial charge in [-0.1, -0.05) is 24.3 Å². The van der Waals surface area contributed by atoms with E-state index in [4.69, 9.17) is 5.73 Å². The first-order valence-corrected chi connectivity index (χ1v) is 4.66. The third-order valence-corrected chi connectivity index (χ3v) is 2.59. The van der Waals surface area contributed by atoms with Gasteiger partial charge in [0.25, 0.3) is 5.92 Å². The van der Waals surface area contributed by atoms with Gasteiger partial charge in [-0.2, -0.15) is 0 Å². The third kappa shape index (κ3) is 2.00. The summed E-state index contributed by atoms with van der Waals surface area (Å²) in [6.07, 6.45) is 0. The Bertz CT molecular complexity index is 347. The van der Waals surface area contributed by atoms with Gasteiger partial charge < -0.3 is 5.73 Å². The summed E-state index contributed by atoms with van der Waals surface area (Å²) in [6, 6.07) is 6.17. The molecule has 4 heteroatoms. The lowest BCUT2D eigenvalue weighted by Crippen LogP contribution is -2.45. The number of halogens is 3. The molecule has 1 aromatic rings. The fraction of sp³-hybridized carbons (Fsp3) is 0.455. The highest BCUT2D eigenvalue weighted by Crippen LogP contribution is 2.41. The zero-order valence-electron chi connectivity index (χ0n) is 8.73. The summed E-state index contributed by atoms with van der Waals surface area (Å²) in [6.45, 7) is 1.45. The molecule has 0 aliphatic rings. The molecular weight excluding hydrogens is 203 g/mol. The lowest BCUT2D eigenvalue weighted by molar-refractivity contribution is -0.126. The van der Waals surface area contributed by atoms with Crippen molar-refractivity contribution in [3.63, 3.8) is 0 Å². The van der Waals surface area contributed by atoms with Gasteiger partial charge in [0.1, 0.15) is 0 Å². The van der Waals surface area contributed by atoms with Gasteiger partial charge in [0.05, 0.1) is 6.54 Å². The second kappa shape index (κ2) is 3.85. The Hall–Kier alpha value is -1.03. The zero-order valence-corrected chi connectivity index (χ0v) is 8.73. The molecule has 0 aliphatic heterocycles. The highest BCUT2D eigenvalue weighted by atomic mass is 19.3. The van der Waals surface area contributed by atoms with E-state index in [0.29, 0.717) is 5.56 Å². The van der Waals surface area contributed by atoms with Gasteiger partial charge >= 0.3 is 0 Å². The van der Waals surface area contributed by atoms with Crippen molar-refractivity contribution in [1.82, 2.24) is 0 Å². The van der Waals surface area contributed by atoms with E-state index >= 15 is 0 Å². The second-order valence-electron chi connectivity index (χ2n) is 3.73. The number of nitrogens with two attached hydrogens (primary N) is 1. The van der Waals surface area contributed by atoms with Crippen LogP contribution in [-0.2, 0) is 5.67 Å². The van der Waals surface area contributed by atoms with Gasteiger partial charge in [-0.15, -0.1) is 0 Å². The van der Waals surface area contributed by atoms with E-state index in [2.05, 4.69) is 0 Å². The van der Waals surface area contributed by atoms with Crippen LogP contribution in [0.5, 0.6) is 0 Å². The molecule has 0 saturated heterocycles. The van der Waals surface area contributed by atoms with E-state index < -0.39 is 18.1 Å². The first-order chi connectivity index (χ1) is 6.83. The van der Waals surface area contributed by atoms with Crippen LogP contribution in [0, 0.1) is 6.92 Å². The first-order valence-electron chi connectivity index (χ1n) is 4.66. The van der Waals surface area contributed by atoms with Crippen molar-refractivity contribution in [3.05, 3.63) is 35.4 Å². The number of rotatable bonds is 3. The molecule has 0 heterocycles. The summed E-state index contributed by atoms with van der Waals surface area (Å²) in [4.78, 5) is 0. The molecule has 0 amide bonds. The van der Waals surface area contributed by atoms with Gasteiger partial charge in [-0.05, 0) is 25.0 Å². The summed E-state index contributed by atoms with van der Waals surface area (Å²) in [7, 11) is 0. The van der Waals surface area contributed by atoms with E-state index in [1.54, 1.807) is 19.1 Å². The third-order valence-electron chi connectivity index (χ3n) is 2.59. The molecule has 1 aromatic carbocycles. The van der Waals surface area contributed by atoms with Crippen LogP contribution in [0.2, 0.25) is 0 Å². The van der Waals surface area contributed by atoms with Crippen LogP contribution in [0.25, 0.3) is 0 Å². The van der Waals surface area contributed by atoms with Gasteiger partial charge in [-0.3, -0.25) is 0 Å². The lowest BCUT2D eigenvalue weighted by atomic mass is 9.88. The molecule has 0 bridgehead atoms. The molecule has 1 rings (SSSR count). The number of benzene rings is 1. The van der Waals surface area contributed by atoms with Crippen LogP contribution >= 0.6 is 0 Å². The fourth-order valence-electron chi connectivity index (χ4n) is 1.49. The molecule has 1 unspecified atom stereocenters. The van der Waals surface area contributed by atoms with E-state index in [9.17, 15) is 13.2 Å². The first kappa shape index (κ1) is 12.0. The molecule has 0 radical (unpaired) electrons. The van der Waals surface area contributed by atoms with Crippen molar-refractivity contribution in [3.8, 4) is 0 Å². The molecule has 0 spiro atoms. The van der Waals surface area contributed by atoms with E-state index in [1.807, 2.05) is 0 Å². The van der Waals surface area contributed by atoms with Crippen LogP contribution in [-0.4, -0.2) is 12.5 Å². The Morgan fingerprint density at radius 1 is 1.20 bits per heavy atom. The standard InChI is InChI=1S/C11H14F3N/c1-8-5-3-4-6-9(8)10(2,12)11(13,14)7-15/h3-6H,7,15H2,1-2H3. The molecule has 0 saturated carbocycles. The van der Waals surface area contributed by atoms with Crippen LogP contribution in [0.3, 0.4) is 0 Å². The Morgan fingerprint density at radius 3 is 2.20 bits per heavy atom. The summed E-state index contributed by atoms with van der Waals surface area (Å²) in [5, 5.41) is 0. The maximum atomic E-state index is 14.0. The quantitative estimate of drug-likeness (QED) is 0.827. The van der Waals surface area contributed by atoms with Gasteiger partial charge in [0.2, 0.25) is 0 Å². The number of hydrogen-bond donors (Lipinski definition) is 1. The van der Waals surface area contributed by atoms with Crippen LogP contribution in [0.15, 0.2) is 24.3 Å². The minimum absolute atomic E-state index is 0.0135. The monoisotopic (exact) mass is 217 g/mol. The predicted molar refractivity (Wildman–Crippen MR) is 53.6 cm³/mol. The summed E-state index contributed by atoms with van der Waals surface area (Å²) in [5.41, 5.74) is 2.64. The Kier molecular flexibility index (Phi) is 3.09.